The normalized spacial score (nSPS) is 17.4. The van der Waals surface area contributed by atoms with E-state index in [4.69, 9.17) is 4.74 Å². The van der Waals surface area contributed by atoms with Crippen LogP contribution in [0.3, 0.4) is 0 Å². The first-order chi connectivity index (χ1) is 12.2. The smallest absolute Gasteiger partial charge is 0.225 e. The molecule has 9 heteroatoms. The van der Waals surface area contributed by atoms with E-state index in [2.05, 4.69) is 20.1 Å². The van der Waals surface area contributed by atoms with Gasteiger partial charge in [-0.25, -0.2) is 19.3 Å². The topological polar surface area (TPSA) is 69.0 Å². The number of fused-ring (bicyclic) bond motifs is 1. The molecule has 130 valence electrons. The molecule has 1 atom stereocenters. The fourth-order valence-corrected chi connectivity index (χ4v) is 3.42. The van der Waals surface area contributed by atoms with Crippen LogP contribution in [0.15, 0.2) is 30.0 Å². The molecular weight excluding hydrogens is 343 g/mol. The minimum atomic E-state index is -0.449. The van der Waals surface area contributed by atoms with E-state index in [1.165, 1.54) is 12.4 Å². The van der Waals surface area contributed by atoms with Gasteiger partial charge in [0.2, 0.25) is 5.95 Å². The standard InChI is InChI=1S/C16H17FN6OS/c1-11-21-13(10-25-11)9-24-15-7-22(16-18-4-12(17)5-19-16)6-14-2-3-20-23(14)8-15/h2-5,10,15H,6-9H2,1H3/t15-/m0/s1. The SMILES string of the molecule is Cc1nc(CO[C@H]2CN(c3ncc(F)cn3)Cc3ccnn3C2)cs1. The molecule has 25 heavy (non-hydrogen) atoms. The molecule has 3 aromatic heterocycles. The summed E-state index contributed by atoms with van der Waals surface area (Å²) in [5, 5.41) is 7.39. The van der Waals surface area contributed by atoms with E-state index in [0.717, 1.165) is 16.4 Å². The Labute approximate surface area is 148 Å². The van der Waals surface area contributed by atoms with Gasteiger partial charge in [-0.3, -0.25) is 4.68 Å². The lowest BCUT2D eigenvalue weighted by Gasteiger charge is -2.23. The van der Waals surface area contributed by atoms with E-state index in [1.807, 2.05) is 28.0 Å². The van der Waals surface area contributed by atoms with Gasteiger partial charge in [0.25, 0.3) is 0 Å². The summed E-state index contributed by atoms with van der Waals surface area (Å²) >= 11 is 1.61. The van der Waals surface area contributed by atoms with Crippen molar-refractivity contribution in [2.75, 3.05) is 11.4 Å². The summed E-state index contributed by atoms with van der Waals surface area (Å²) in [6.45, 7) is 4.26. The molecule has 0 N–H and O–H groups in total. The third-order valence-corrected chi connectivity index (χ3v) is 4.80. The van der Waals surface area contributed by atoms with Crippen LogP contribution in [-0.4, -0.2) is 37.4 Å². The summed E-state index contributed by atoms with van der Waals surface area (Å²) in [6.07, 6.45) is 4.03. The molecule has 0 unspecified atom stereocenters. The first kappa shape index (κ1) is 16.1. The maximum atomic E-state index is 13.1. The lowest BCUT2D eigenvalue weighted by atomic mass is 10.3. The van der Waals surface area contributed by atoms with Gasteiger partial charge in [-0.2, -0.15) is 5.10 Å². The average molecular weight is 360 g/mol. The molecule has 0 aliphatic carbocycles. The van der Waals surface area contributed by atoms with E-state index in [0.29, 0.717) is 32.2 Å². The average Bonchev–Trinajstić information content (AvgIpc) is 3.18. The van der Waals surface area contributed by atoms with Crippen molar-refractivity contribution in [2.45, 2.75) is 32.7 Å². The van der Waals surface area contributed by atoms with Crippen molar-refractivity contribution in [3.05, 3.63) is 52.2 Å². The second-order valence-electron chi connectivity index (χ2n) is 5.88. The highest BCUT2D eigenvalue weighted by Gasteiger charge is 2.24. The minimum Gasteiger partial charge on any atom is -0.368 e. The number of ether oxygens (including phenoxy) is 1. The Balaban J connectivity index is 1.53. The Hall–Kier alpha value is -2.39. The molecule has 0 saturated carbocycles. The predicted molar refractivity (Wildman–Crippen MR) is 90.7 cm³/mol. The number of anilines is 1. The molecule has 0 saturated heterocycles. The zero-order chi connectivity index (χ0) is 17.2. The summed E-state index contributed by atoms with van der Waals surface area (Å²) in [4.78, 5) is 14.6. The van der Waals surface area contributed by atoms with E-state index in [-0.39, 0.29) is 6.10 Å². The summed E-state index contributed by atoms with van der Waals surface area (Å²) in [7, 11) is 0. The van der Waals surface area contributed by atoms with Crippen LogP contribution in [0.2, 0.25) is 0 Å². The number of nitrogens with zero attached hydrogens (tertiary/aromatic N) is 6. The lowest BCUT2D eigenvalue weighted by molar-refractivity contribution is 0.0323. The van der Waals surface area contributed by atoms with Gasteiger partial charge in [0, 0.05) is 18.1 Å². The maximum Gasteiger partial charge on any atom is 0.225 e. The quantitative estimate of drug-likeness (QED) is 0.710. The van der Waals surface area contributed by atoms with Crippen LogP contribution in [0.25, 0.3) is 0 Å². The van der Waals surface area contributed by atoms with Crippen molar-refractivity contribution in [2.24, 2.45) is 0 Å². The van der Waals surface area contributed by atoms with E-state index < -0.39 is 5.82 Å². The van der Waals surface area contributed by atoms with Gasteiger partial charge in [0.1, 0.15) is 0 Å². The maximum absolute atomic E-state index is 13.1. The third kappa shape index (κ3) is 3.67. The molecule has 3 aromatic rings. The van der Waals surface area contributed by atoms with E-state index >= 15 is 0 Å². The molecule has 7 nitrogen and oxygen atoms in total. The Morgan fingerprint density at radius 1 is 1.32 bits per heavy atom. The molecule has 0 fully saturated rings. The number of halogens is 1. The molecule has 1 aliphatic rings. The van der Waals surface area contributed by atoms with Crippen LogP contribution in [-0.2, 0) is 24.4 Å². The largest absolute Gasteiger partial charge is 0.368 e. The van der Waals surface area contributed by atoms with Crippen LogP contribution in [0, 0.1) is 12.7 Å². The van der Waals surface area contributed by atoms with E-state index in [9.17, 15) is 4.39 Å². The van der Waals surface area contributed by atoms with Crippen molar-refractivity contribution in [1.82, 2.24) is 24.7 Å². The summed E-state index contributed by atoms with van der Waals surface area (Å²) in [5.74, 6) is 0.0319. The number of hydrogen-bond donors (Lipinski definition) is 0. The molecule has 0 radical (unpaired) electrons. The fourth-order valence-electron chi connectivity index (χ4n) is 2.82. The Bertz CT molecular complexity index is 848. The number of thiazole rings is 1. The van der Waals surface area contributed by atoms with Gasteiger partial charge in [0.05, 0.1) is 54.6 Å². The molecule has 0 aromatic carbocycles. The predicted octanol–water partition coefficient (Wildman–Crippen LogP) is 2.18. The third-order valence-electron chi connectivity index (χ3n) is 3.98. The van der Waals surface area contributed by atoms with Gasteiger partial charge >= 0.3 is 0 Å². The number of hydrogen-bond acceptors (Lipinski definition) is 7. The molecule has 4 heterocycles. The molecule has 1 aliphatic heterocycles. The van der Waals surface area contributed by atoms with Crippen molar-refractivity contribution in [3.63, 3.8) is 0 Å². The number of aryl methyl sites for hydroxylation is 1. The second kappa shape index (κ2) is 6.85. The fraction of sp³-hybridized carbons (Fsp3) is 0.375. The van der Waals surface area contributed by atoms with Crippen LogP contribution in [0.1, 0.15) is 16.4 Å². The second-order valence-corrected chi connectivity index (χ2v) is 6.94. The van der Waals surface area contributed by atoms with Gasteiger partial charge in [0.15, 0.2) is 5.82 Å². The molecule has 0 spiro atoms. The van der Waals surface area contributed by atoms with Crippen LogP contribution in [0.5, 0.6) is 0 Å². The molecule has 4 rings (SSSR count). The highest BCUT2D eigenvalue weighted by Crippen LogP contribution is 2.19. The van der Waals surface area contributed by atoms with Gasteiger partial charge in [-0.15, -0.1) is 11.3 Å². The van der Waals surface area contributed by atoms with Crippen molar-refractivity contribution in [3.8, 4) is 0 Å². The lowest BCUT2D eigenvalue weighted by Crippen LogP contribution is -2.34. The van der Waals surface area contributed by atoms with Gasteiger partial charge in [-0.1, -0.05) is 0 Å². The van der Waals surface area contributed by atoms with Gasteiger partial charge < -0.3 is 9.64 Å². The number of aromatic nitrogens is 5. The van der Waals surface area contributed by atoms with Crippen molar-refractivity contribution in [1.29, 1.82) is 0 Å². The van der Waals surface area contributed by atoms with Gasteiger partial charge in [-0.05, 0) is 13.0 Å². The Kier molecular flexibility index (Phi) is 4.41. The molecule has 0 amide bonds. The first-order valence-electron chi connectivity index (χ1n) is 7.93. The van der Waals surface area contributed by atoms with Crippen LogP contribution in [0.4, 0.5) is 10.3 Å². The zero-order valence-electron chi connectivity index (χ0n) is 13.7. The molecular formula is C16H17FN6OS. The minimum absolute atomic E-state index is 0.100. The monoisotopic (exact) mass is 360 g/mol. The Morgan fingerprint density at radius 3 is 2.92 bits per heavy atom. The summed E-state index contributed by atoms with van der Waals surface area (Å²) < 4.78 is 21.1. The Morgan fingerprint density at radius 2 is 2.16 bits per heavy atom. The van der Waals surface area contributed by atoms with Crippen LogP contribution < -0.4 is 4.90 Å². The molecule has 0 bridgehead atoms. The zero-order valence-corrected chi connectivity index (χ0v) is 14.5. The highest BCUT2D eigenvalue weighted by atomic mass is 32.1. The first-order valence-corrected chi connectivity index (χ1v) is 8.81. The van der Waals surface area contributed by atoms with Crippen molar-refractivity contribution < 1.29 is 9.13 Å². The van der Waals surface area contributed by atoms with Crippen LogP contribution >= 0.6 is 11.3 Å². The van der Waals surface area contributed by atoms with E-state index in [1.54, 1.807) is 17.5 Å². The number of rotatable bonds is 4. The summed E-state index contributed by atoms with van der Waals surface area (Å²) in [6, 6.07) is 1.96. The highest BCUT2D eigenvalue weighted by molar-refractivity contribution is 7.09. The summed E-state index contributed by atoms with van der Waals surface area (Å²) in [5.41, 5.74) is 1.97. The van der Waals surface area contributed by atoms with Crippen molar-refractivity contribution >= 4 is 17.3 Å².